The number of ether oxygens (including phenoxy) is 2. The van der Waals surface area contributed by atoms with Crippen LogP contribution in [0.1, 0.15) is 219 Å². The summed E-state index contributed by atoms with van der Waals surface area (Å²) in [6.45, 7) is 3.70. The van der Waals surface area contributed by atoms with Crippen molar-refractivity contribution in [3.8, 4) is 0 Å². The van der Waals surface area contributed by atoms with Gasteiger partial charge < -0.3 is 40.3 Å². The molecule has 1 fully saturated rings. The molecule has 9 heteroatoms. The summed E-state index contributed by atoms with van der Waals surface area (Å²) in [6.07, 6.45) is 47.5. The molecule has 0 radical (unpaired) electrons. The van der Waals surface area contributed by atoms with Crippen molar-refractivity contribution >= 4 is 5.91 Å². The molecule has 1 amide bonds. The van der Waals surface area contributed by atoms with Gasteiger partial charge in [-0.2, -0.15) is 0 Å². The van der Waals surface area contributed by atoms with Gasteiger partial charge in [-0.15, -0.1) is 0 Å². The quantitative estimate of drug-likeness (QED) is 0.0262. The molecule has 1 aliphatic rings. The van der Waals surface area contributed by atoms with Gasteiger partial charge in [0, 0.05) is 6.42 Å². The number of aliphatic hydroxyl groups excluding tert-OH is 5. The van der Waals surface area contributed by atoms with Crippen molar-refractivity contribution in [2.24, 2.45) is 0 Å². The average molecular weight is 862 g/mol. The smallest absolute Gasteiger partial charge is 0.220 e. The molecular weight excluding hydrogens is 767 g/mol. The van der Waals surface area contributed by atoms with Crippen LogP contribution in [0, 0.1) is 0 Å². The largest absolute Gasteiger partial charge is 0.394 e. The molecule has 0 aromatic rings. The van der Waals surface area contributed by atoms with Gasteiger partial charge in [0.1, 0.15) is 24.4 Å². The van der Waals surface area contributed by atoms with Crippen LogP contribution in [0.4, 0.5) is 0 Å². The molecule has 0 aromatic carbocycles. The molecule has 6 N–H and O–H groups in total. The lowest BCUT2D eigenvalue weighted by molar-refractivity contribution is -0.302. The molecule has 61 heavy (non-hydrogen) atoms. The number of amides is 1. The second-order valence-corrected chi connectivity index (χ2v) is 17.6. The van der Waals surface area contributed by atoms with Gasteiger partial charge in [0.25, 0.3) is 0 Å². The topological polar surface area (TPSA) is 149 Å². The summed E-state index contributed by atoms with van der Waals surface area (Å²) in [5.74, 6) is -0.194. The minimum atomic E-state index is -1.57. The molecule has 0 bridgehead atoms. The Kier molecular flexibility index (Phi) is 39.5. The molecule has 1 saturated heterocycles. The third-order valence-corrected chi connectivity index (χ3v) is 11.9. The van der Waals surface area contributed by atoms with E-state index in [0.717, 1.165) is 51.4 Å². The number of allylic oxidation sites excluding steroid dienone is 7. The maximum Gasteiger partial charge on any atom is 0.220 e. The molecule has 7 unspecified atom stereocenters. The fraction of sp³-hybridized carbons (Fsp3) is 0.827. The summed E-state index contributed by atoms with van der Waals surface area (Å²) in [7, 11) is 0. The van der Waals surface area contributed by atoms with E-state index in [1.165, 1.54) is 148 Å². The summed E-state index contributed by atoms with van der Waals surface area (Å²) < 4.78 is 11.2. The van der Waals surface area contributed by atoms with Crippen molar-refractivity contribution in [3.63, 3.8) is 0 Å². The Morgan fingerprint density at radius 3 is 1.43 bits per heavy atom. The first-order chi connectivity index (χ1) is 29.8. The Labute approximate surface area is 373 Å². The number of carbonyl (C=O) groups excluding carboxylic acids is 1. The molecule has 1 rings (SSSR count). The van der Waals surface area contributed by atoms with Gasteiger partial charge in [-0.3, -0.25) is 4.79 Å². The van der Waals surface area contributed by atoms with Crippen molar-refractivity contribution < 1.29 is 39.8 Å². The van der Waals surface area contributed by atoms with Crippen molar-refractivity contribution in [3.05, 3.63) is 48.6 Å². The van der Waals surface area contributed by atoms with E-state index in [-0.39, 0.29) is 12.5 Å². The van der Waals surface area contributed by atoms with E-state index in [0.29, 0.717) is 6.42 Å². The Hall–Kier alpha value is -1.85. The zero-order chi connectivity index (χ0) is 44.4. The van der Waals surface area contributed by atoms with Crippen LogP contribution in [-0.4, -0.2) is 87.5 Å². The number of rotatable bonds is 42. The van der Waals surface area contributed by atoms with E-state index in [9.17, 15) is 30.3 Å². The second-order valence-electron chi connectivity index (χ2n) is 17.6. The number of unbranched alkanes of at least 4 members (excludes halogenated alkanes) is 26. The highest BCUT2D eigenvalue weighted by molar-refractivity contribution is 5.76. The lowest BCUT2D eigenvalue weighted by atomic mass is 9.99. The van der Waals surface area contributed by atoms with Crippen molar-refractivity contribution in [1.82, 2.24) is 5.32 Å². The summed E-state index contributed by atoms with van der Waals surface area (Å²) in [5, 5.41) is 54.2. The van der Waals surface area contributed by atoms with Gasteiger partial charge in [-0.05, 0) is 64.2 Å². The maximum atomic E-state index is 13.0. The molecule has 0 aromatic heterocycles. The lowest BCUT2D eigenvalue weighted by Crippen LogP contribution is -2.60. The molecule has 1 heterocycles. The van der Waals surface area contributed by atoms with E-state index in [1.54, 1.807) is 6.08 Å². The number of hydrogen-bond donors (Lipinski definition) is 6. The highest BCUT2D eigenvalue weighted by atomic mass is 16.7. The predicted octanol–water partition coefficient (Wildman–Crippen LogP) is 11.4. The fourth-order valence-corrected chi connectivity index (χ4v) is 7.76. The highest BCUT2D eigenvalue weighted by Crippen LogP contribution is 2.23. The van der Waals surface area contributed by atoms with E-state index >= 15 is 0 Å². The standard InChI is InChI=1S/C52H95NO8/c1-3-5-7-9-11-13-15-17-18-19-20-21-22-23-24-25-26-27-28-29-30-32-34-36-38-40-42-48(56)53-45(44-60-52-51(59)50(58)49(57)47(43-54)61-52)46(55)41-39-37-35-33-31-16-14-12-10-8-6-4-2/h10,12,23-24,31,33,39,41,45-47,49-52,54-55,57-59H,3-9,11,13-22,25-30,32,34-38,40,42-44H2,1-2H3,(H,53,56)/b12-10+,24-23-,33-31+,41-39+. The van der Waals surface area contributed by atoms with E-state index in [4.69, 9.17) is 9.47 Å². The van der Waals surface area contributed by atoms with Gasteiger partial charge in [-0.25, -0.2) is 0 Å². The number of aliphatic hydroxyl groups is 5. The molecule has 0 spiro atoms. The summed E-state index contributed by atoms with van der Waals surface area (Å²) in [5.41, 5.74) is 0. The lowest BCUT2D eigenvalue weighted by Gasteiger charge is -2.40. The van der Waals surface area contributed by atoms with E-state index in [2.05, 4.69) is 55.6 Å². The minimum absolute atomic E-state index is 0.194. The first kappa shape index (κ1) is 57.2. The third-order valence-electron chi connectivity index (χ3n) is 11.9. The van der Waals surface area contributed by atoms with Crippen LogP contribution >= 0.6 is 0 Å². The zero-order valence-electron chi connectivity index (χ0n) is 39.2. The van der Waals surface area contributed by atoms with Gasteiger partial charge in [0.2, 0.25) is 5.91 Å². The Morgan fingerprint density at radius 2 is 0.951 bits per heavy atom. The van der Waals surface area contributed by atoms with Crippen molar-refractivity contribution in [1.29, 1.82) is 0 Å². The summed E-state index contributed by atoms with van der Waals surface area (Å²) in [6, 6.07) is -0.828. The highest BCUT2D eigenvalue weighted by Gasteiger charge is 2.44. The first-order valence-corrected chi connectivity index (χ1v) is 25.4. The molecule has 356 valence electrons. The molecule has 9 nitrogen and oxygen atoms in total. The van der Waals surface area contributed by atoms with E-state index in [1.807, 2.05) is 6.08 Å². The van der Waals surface area contributed by atoms with Crippen molar-refractivity contribution in [2.45, 2.75) is 262 Å². The first-order valence-electron chi connectivity index (χ1n) is 25.4. The van der Waals surface area contributed by atoms with Crippen LogP contribution in [0.5, 0.6) is 0 Å². The normalized spacial score (nSPS) is 20.8. The predicted molar refractivity (Wildman–Crippen MR) is 253 cm³/mol. The molecule has 7 atom stereocenters. The molecule has 0 aliphatic carbocycles. The van der Waals surface area contributed by atoms with Crippen LogP contribution in [0.15, 0.2) is 48.6 Å². The van der Waals surface area contributed by atoms with Crippen LogP contribution in [0.2, 0.25) is 0 Å². The maximum absolute atomic E-state index is 13.0. The second kappa shape index (κ2) is 42.1. The SMILES string of the molecule is CCCC/C=C/CC/C=C/CC/C=C/C(O)C(COC1OC(CO)C(O)C(O)C1O)NC(=O)CCCCCCCCCCCC/C=C\CCCCCCCCCCCCCC. The van der Waals surface area contributed by atoms with Crippen LogP contribution in [0.25, 0.3) is 0 Å². The Bertz CT molecular complexity index is 1090. The van der Waals surface area contributed by atoms with Crippen LogP contribution in [-0.2, 0) is 14.3 Å². The van der Waals surface area contributed by atoms with Gasteiger partial charge in [0.15, 0.2) is 6.29 Å². The van der Waals surface area contributed by atoms with Gasteiger partial charge in [-0.1, -0.05) is 197 Å². The van der Waals surface area contributed by atoms with E-state index < -0.39 is 49.5 Å². The van der Waals surface area contributed by atoms with Gasteiger partial charge in [0.05, 0.1) is 25.4 Å². The molecule has 1 aliphatic heterocycles. The number of nitrogens with one attached hydrogen (secondary N) is 1. The molecule has 0 saturated carbocycles. The zero-order valence-corrected chi connectivity index (χ0v) is 39.2. The van der Waals surface area contributed by atoms with Crippen molar-refractivity contribution in [2.75, 3.05) is 13.2 Å². The summed E-state index contributed by atoms with van der Waals surface area (Å²) in [4.78, 5) is 13.0. The summed E-state index contributed by atoms with van der Waals surface area (Å²) >= 11 is 0. The fourth-order valence-electron chi connectivity index (χ4n) is 7.76. The Balaban J connectivity index is 2.23. The number of carbonyl (C=O) groups is 1. The molecular formula is C52H95NO8. The average Bonchev–Trinajstić information content (AvgIpc) is 3.26. The van der Waals surface area contributed by atoms with Gasteiger partial charge >= 0.3 is 0 Å². The Morgan fingerprint density at radius 1 is 0.541 bits per heavy atom. The van der Waals surface area contributed by atoms with Crippen LogP contribution < -0.4 is 5.32 Å². The number of hydrogen-bond acceptors (Lipinski definition) is 8. The minimum Gasteiger partial charge on any atom is -0.394 e. The third kappa shape index (κ3) is 32.5. The monoisotopic (exact) mass is 862 g/mol. The van der Waals surface area contributed by atoms with Crippen LogP contribution in [0.3, 0.4) is 0 Å².